The highest BCUT2D eigenvalue weighted by molar-refractivity contribution is 7.84. The first-order valence-electron chi connectivity index (χ1n) is 6.30. The molecule has 4 heteroatoms. The van der Waals surface area contributed by atoms with Crippen LogP contribution < -0.4 is 5.32 Å². The molecule has 1 aromatic heterocycles. The largest absolute Gasteiger partial charge is 0.354 e. The number of nitrogens with zero attached hydrogens (tertiary/aromatic N) is 1. The van der Waals surface area contributed by atoms with Crippen molar-refractivity contribution in [1.82, 2.24) is 9.88 Å². The lowest BCUT2D eigenvalue weighted by atomic mass is 10.2. The molecule has 2 unspecified atom stereocenters. The van der Waals surface area contributed by atoms with E-state index < -0.39 is 10.8 Å². The van der Waals surface area contributed by atoms with Crippen molar-refractivity contribution in [3.63, 3.8) is 0 Å². The topological polar surface area (TPSA) is 34.0 Å². The molecule has 0 aliphatic heterocycles. The number of hydrogen-bond acceptors (Lipinski definition) is 2. The third kappa shape index (κ3) is 6.03. The van der Waals surface area contributed by atoms with Gasteiger partial charge in [-0.15, -0.1) is 0 Å². The molecule has 98 valence electrons. The van der Waals surface area contributed by atoms with Crippen molar-refractivity contribution >= 4 is 10.8 Å². The van der Waals surface area contributed by atoms with E-state index in [1.807, 2.05) is 0 Å². The number of hydrogen-bond donors (Lipinski definition) is 1. The maximum Gasteiger partial charge on any atom is 0.0246 e. The van der Waals surface area contributed by atoms with Gasteiger partial charge in [0.25, 0.3) is 0 Å². The molecule has 1 rings (SSSR count). The Labute approximate surface area is 107 Å². The van der Waals surface area contributed by atoms with Gasteiger partial charge in [-0.3, -0.25) is 4.21 Å². The van der Waals surface area contributed by atoms with Crippen LogP contribution in [0, 0.1) is 0 Å². The lowest BCUT2D eigenvalue weighted by molar-refractivity contribution is 0.534. The Morgan fingerprint density at radius 3 is 2.94 bits per heavy atom. The van der Waals surface area contributed by atoms with Crippen molar-refractivity contribution in [2.45, 2.75) is 45.8 Å². The van der Waals surface area contributed by atoms with E-state index in [0.29, 0.717) is 6.04 Å². The Morgan fingerprint density at radius 1 is 1.53 bits per heavy atom. The molecule has 0 fully saturated rings. The summed E-state index contributed by atoms with van der Waals surface area (Å²) in [4.78, 5) is 0. The summed E-state index contributed by atoms with van der Waals surface area (Å²) in [6, 6.07) is 2.58. The minimum atomic E-state index is -0.677. The zero-order valence-corrected chi connectivity index (χ0v) is 11.9. The van der Waals surface area contributed by atoms with E-state index >= 15 is 0 Å². The zero-order valence-electron chi connectivity index (χ0n) is 11.1. The van der Waals surface area contributed by atoms with Gasteiger partial charge in [-0.2, -0.15) is 0 Å². The van der Waals surface area contributed by atoms with Crippen LogP contribution in [0.3, 0.4) is 0 Å². The van der Waals surface area contributed by atoms with Gasteiger partial charge in [0.1, 0.15) is 0 Å². The van der Waals surface area contributed by atoms with Gasteiger partial charge < -0.3 is 9.88 Å². The highest BCUT2D eigenvalue weighted by Crippen LogP contribution is 2.03. The molecule has 0 spiro atoms. The normalized spacial score (nSPS) is 14.8. The molecule has 3 nitrogen and oxygen atoms in total. The van der Waals surface area contributed by atoms with E-state index in [1.54, 1.807) is 6.26 Å². The Bertz CT molecular complexity index is 349. The van der Waals surface area contributed by atoms with Crippen molar-refractivity contribution in [3.05, 3.63) is 24.0 Å². The summed E-state index contributed by atoms with van der Waals surface area (Å²) >= 11 is 0. The third-order valence-corrected chi connectivity index (χ3v) is 3.60. The third-order valence-electron chi connectivity index (χ3n) is 2.79. The van der Waals surface area contributed by atoms with Gasteiger partial charge in [-0.25, -0.2) is 0 Å². The first-order valence-corrected chi connectivity index (χ1v) is 8.02. The molecule has 2 atom stereocenters. The Hall–Kier alpha value is -0.610. The molecule has 0 amide bonds. The van der Waals surface area contributed by atoms with E-state index in [9.17, 15) is 4.21 Å². The Balaban J connectivity index is 2.26. The maximum atomic E-state index is 11.0. The predicted molar refractivity (Wildman–Crippen MR) is 74.6 cm³/mol. The maximum absolute atomic E-state index is 11.0. The van der Waals surface area contributed by atoms with Gasteiger partial charge >= 0.3 is 0 Å². The summed E-state index contributed by atoms with van der Waals surface area (Å²) in [6.45, 7) is 6.32. The van der Waals surface area contributed by atoms with E-state index in [1.165, 1.54) is 12.0 Å². The summed E-state index contributed by atoms with van der Waals surface area (Å²) in [6.07, 6.45) is 8.23. The highest BCUT2D eigenvalue weighted by Gasteiger charge is 2.03. The second-order valence-corrected chi connectivity index (χ2v) is 6.16. The standard InChI is InChI=1S/C13H24N2OS/c1-4-7-15-8-5-13(11-15)10-14-12(2)6-9-17(3)16/h5,8,11-12,14H,4,6-7,9-10H2,1-3H3. The van der Waals surface area contributed by atoms with Crippen LogP contribution in [-0.2, 0) is 23.9 Å². The van der Waals surface area contributed by atoms with E-state index in [-0.39, 0.29) is 0 Å². The lowest BCUT2D eigenvalue weighted by Gasteiger charge is -2.12. The summed E-state index contributed by atoms with van der Waals surface area (Å²) in [5, 5.41) is 3.46. The van der Waals surface area contributed by atoms with Crippen LogP contribution in [0.1, 0.15) is 32.3 Å². The fourth-order valence-corrected chi connectivity index (χ4v) is 2.41. The first-order chi connectivity index (χ1) is 8.11. The van der Waals surface area contributed by atoms with Gasteiger partial charge in [-0.1, -0.05) is 6.92 Å². The summed E-state index contributed by atoms with van der Waals surface area (Å²) in [5.74, 6) is 0.783. The first kappa shape index (κ1) is 14.5. The molecule has 0 aromatic carbocycles. The van der Waals surface area contributed by atoms with E-state index in [0.717, 1.165) is 25.3 Å². The molecule has 0 saturated carbocycles. The molecular formula is C13H24N2OS. The molecule has 1 N–H and O–H groups in total. The van der Waals surface area contributed by atoms with Crippen molar-refractivity contribution in [2.24, 2.45) is 0 Å². The van der Waals surface area contributed by atoms with Crippen LogP contribution in [0.5, 0.6) is 0 Å². The quantitative estimate of drug-likeness (QED) is 0.773. The Kier molecular flexibility index (Phi) is 6.52. The monoisotopic (exact) mass is 256 g/mol. The average Bonchev–Trinajstić information content (AvgIpc) is 2.72. The SMILES string of the molecule is CCCn1ccc(CNC(C)CCS(C)=O)c1. The van der Waals surface area contributed by atoms with Crippen molar-refractivity contribution in [2.75, 3.05) is 12.0 Å². The average molecular weight is 256 g/mol. The van der Waals surface area contributed by atoms with E-state index in [4.69, 9.17) is 0 Å². The summed E-state index contributed by atoms with van der Waals surface area (Å²) < 4.78 is 13.2. The second-order valence-electron chi connectivity index (χ2n) is 4.61. The van der Waals surface area contributed by atoms with Crippen LogP contribution in [0.15, 0.2) is 18.5 Å². The second kappa shape index (κ2) is 7.67. The van der Waals surface area contributed by atoms with Crippen LogP contribution in [0.2, 0.25) is 0 Å². The lowest BCUT2D eigenvalue weighted by Crippen LogP contribution is -2.26. The Morgan fingerprint density at radius 2 is 2.29 bits per heavy atom. The molecule has 0 bridgehead atoms. The number of nitrogens with one attached hydrogen (secondary N) is 1. The molecule has 0 aliphatic carbocycles. The van der Waals surface area contributed by atoms with Gasteiger partial charge in [0.15, 0.2) is 0 Å². The van der Waals surface area contributed by atoms with Crippen LogP contribution in [0.25, 0.3) is 0 Å². The zero-order chi connectivity index (χ0) is 12.7. The molecule has 0 saturated heterocycles. The highest BCUT2D eigenvalue weighted by atomic mass is 32.2. The molecule has 0 radical (unpaired) electrons. The van der Waals surface area contributed by atoms with Crippen LogP contribution in [0.4, 0.5) is 0 Å². The van der Waals surface area contributed by atoms with Gasteiger partial charge in [0.2, 0.25) is 0 Å². The smallest absolute Gasteiger partial charge is 0.0246 e. The number of aromatic nitrogens is 1. The minimum Gasteiger partial charge on any atom is -0.354 e. The molecule has 17 heavy (non-hydrogen) atoms. The fraction of sp³-hybridized carbons (Fsp3) is 0.692. The van der Waals surface area contributed by atoms with Gasteiger partial charge in [-0.05, 0) is 31.4 Å². The predicted octanol–water partition coefficient (Wildman–Crippen LogP) is 2.14. The molecule has 1 aromatic rings. The number of aryl methyl sites for hydroxylation is 1. The van der Waals surface area contributed by atoms with Crippen LogP contribution in [-0.4, -0.2) is 26.8 Å². The molecular weight excluding hydrogens is 232 g/mol. The van der Waals surface area contributed by atoms with Crippen molar-refractivity contribution in [3.8, 4) is 0 Å². The summed E-state index contributed by atoms with van der Waals surface area (Å²) in [7, 11) is -0.677. The van der Waals surface area contributed by atoms with Gasteiger partial charge in [0, 0.05) is 54.3 Å². The molecule has 0 aliphatic rings. The van der Waals surface area contributed by atoms with Gasteiger partial charge in [0.05, 0.1) is 0 Å². The van der Waals surface area contributed by atoms with Crippen LogP contribution >= 0.6 is 0 Å². The molecule has 1 heterocycles. The minimum absolute atomic E-state index is 0.424. The number of rotatable bonds is 8. The van der Waals surface area contributed by atoms with E-state index in [2.05, 4.69) is 42.2 Å². The summed E-state index contributed by atoms with van der Waals surface area (Å²) in [5.41, 5.74) is 1.32. The fourth-order valence-electron chi connectivity index (χ4n) is 1.73. The van der Waals surface area contributed by atoms with Crippen molar-refractivity contribution in [1.29, 1.82) is 0 Å². The van der Waals surface area contributed by atoms with Crippen molar-refractivity contribution < 1.29 is 4.21 Å².